The van der Waals surface area contributed by atoms with E-state index in [1.807, 2.05) is 7.05 Å². The predicted octanol–water partition coefficient (Wildman–Crippen LogP) is 3.34. The maximum Gasteiger partial charge on any atom is 0.200 e. The van der Waals surface area contributed by atoms with Crippen LogP contribution in [0.2, 0.25) is 0 Å². The zero-order chi connectivity index (χ0) is 18.2. The fraction of sp³-hybridized carbons (Fsp3) is 0.389. The molecular formula is C18H26IN3O3S. The maximum atomic E-state index is 9.98. The fourth-order valence-electron chi connectivity index (χ4n) is 2.45. The van der Waals surface area contributed by atoms with Gasteiger partial charge in [-0.1, -0.05) is 6.07 Å². The molecule has 0 radical (unpaired) electrons. The molecule has 2 aromatic rings. The molecule has 0 aliphatic carbocycles. The third-order valence-corrected chi connectivity index (χ3v) is 4.77. The van der Waals surface area contributed by atoms with Gasteiger partial charge < -0.3 is 24.8 Å². The zero-order valence-electron chi connectivity index (χ0n) is 15.5. The lowest BCUT2D eigenvalue weighted by Crippen LogP contribution is -2.39. The van der Waals surface area contributed by atoms with Crippen LogP contribution in [0.25, 0.3) is 0 Å². The average molecular weight is 491 g/mol. The van der Waals surface area contributed by atoms with Crippen molar-refractivity contribution in [2.75, 3.05) is 34.9 Å². The number of methoxy groups -OCH3 is 2. The number of guanidine groups is 1. The quantitative estimate of drug-likeness (QED) is 0.354. The second kappa shape index (κ2) is 11.1. The molecule has 0 spiro atoms. The van der Waals surface area contributed by atoms with Crippen molar-refractivity contribution in [2.45, 2.75) is 13.0 Å². The molecule has 0 fully saturated rings. The molecule has 8 heteroatoms. The van der Waals surface area contributed by atoms with E-state index in [1.165, 1.54) is 19.1 Å². The zero-order valence-corrected chi connectivity index (χ0v) is 18.6. The lowest BCUT2D eigenvalue weighted by Gasteiger charge is -2.22. The van der Waals surface area contributed by atoms with Gasteiger partial charge in [0.15, 0.2) is 17.5 Å². The summed E-state index contributed by atoms with van der Waals surface area (Å²) < 4.78 is 10.4. The largest absolute Gasteiger partial charge is 0.502 e. The van der Waals surface area contributed by atoms with Crippen molar-refractivity contribution in [3.8, 4) is 17.2 Å². The monoisotopic (exact) mass is 491 g/mol. The van der Waals surface area contributed by atoms with E-state index in [4.69, 9.17) is 9.47 Å². The number of aromatic hydroxyl groups is 1. The summed E-state index contributed by atoms with van der Waals surface area (Å²) in [5, 5.41) is 15.4. The highest BCUT2D eigenvalue weighted by Crippen LogP contribution is 2.36. The van der Waals surface area contributed by atoms with Gasteiger partial charge in [-0.15, -0.1) is 35.3 Å². The smallest absolute Gasteiger partial charge is 0.200 e. The van der Waals surface area contributed by atoms with Gasteiger partial charge in [0, 0.05) is 32.1 Å². The van der Waals surface area contributed by atoms with Crippen LogP contribution in [0.1, 0.15) is 10.4 Å². The van der Waals surface area contributed by atoms with E-state index in [9.17, 15) is 5.11 Å². The lowest BCUT2D eigenvalue weighted by atomic mass is 10.2. The van der Waals surface area contributed by atoms with Crippen molar-refractivity contribution in [2.24, 2.45) is 4.99 Å². The number of nitrogens with zero attached hydrogens (tertiary/aromatic N) is 2. The molecule has 1 aromatic carbocycles. The number of phenols is 1. The molecule has 144 valence electrons. The summed E-state index contributed by atoms with van der Waals surface area (Å²) in [6, 6.07) is 7.77. The SMILES string of the molecule is CN=C(NCc1cc(OC)c(O)c(OC)c1)N(C)CCc1cccs1.I. The number of phenolic OH excluding ortho intramolecular Hbond substituents is 1. The fourth-order valence-corrected chi connectivity index (χ4v) is 3.15. The number of benzene rings is 1. The van der Waals surface area contributed by atoms with Crippen LogP contribution in [-0.2, 0) is 13.0 Å². The number of rotatable bonds is 7. The van der Waals surface area contributed by atoms with Gasteiger partial charge in [-0.3, -0.25) is 4.99 Å². The minimum absolute atomic E-state index is 0. The van der Waals surface area contributed by atoms with Crippen molar-refractivity contribution >= 4 is 41.3 Å². The normalized spacial score (nSPS) is 10.8. The van der Waals surface area contributed by atoms with E-state index in [-0.39, 0.29) is 29.7 Å². The second-order valence-electron chi connectivity index (χ2n) is 5.50. The average Bonchev–Trinajstić information content (AvgIpc) is 3.15. The molecular weight excluding hydrogens is 465 g/mol. The van der Waals surface area contributed by atoms with Crippen LogP contribution in [-0.4, -0.2) is 50.8 Å². The van der Waals surface area contributed by atoms with Crippen molar-refractivity contribution in [1.82, 2.24) is 10.2 Å². The molecule has 0 saturated heterocycles. The molecule has 0 atom stereocenters. The van der Waals surface area contributed by atoms with Crippen LogP contribution in [0.15, 0.2) is 34.6 Å². The van der Waals surface area contributed by atoms with Crippen molar-refractivity contribution < 1.29 is 14.6 Å². The molecule has 0 aliphatic rings. The van der Waals surface area contributed by atoms with Crippen LogP contribution < -0.4 is 14.8 Å². The molecule has 1 heterocycles. The Balaban J connectivity index is 0.00000338. The Morgan fingerprint density at radius 1 is 1.27 bits per heavy atom. The van der Waals surface area contributed by atoms with E-state index in [2.05, 4.69) is 32.7 Å². The molecule has 6 nitrogen and oxygen atoms in total. The minimum Gasteiger partial charge on any atom is -0.502 e. The Kier molecular flexibility index (Phi) is 9.57. The summed E-state index contributed by atoms with van der Waals surface area (Å²) in [7, 11) is 6.81. The van der Waals surface area contributed by atoms with E-state index < -0.39 is 0 Å². The van der Waals surface area contributed by atoms with Gasteiger partial charge in [0.05, 0.1) is 14.2 Å². The van der Waals surface area contributed by atoms with Crippen LogP contribution in [0.5, 0.6) is 17.2 Å². The second-order valence-corrected chi connectivity index (χ2v) is 6.53. The van der Waals surface area contributed by atoms with Gasteiger partial charge in [0.25, 0.3) is 0 Å². The summed E-state index contributed by atoms with van der Waals surface area (Å²) >= 11 is 1.77. The molecule has 1 aromatic heterocycles. The Morgan fingerprint density at radius 3 is 2.42 bits per heavy atom. The third kappa shape index (κ3) is 5.94. The van der Waals surface area contributed by atoms with Gasteiger partial charge in [0.2, 0.25) is 5.75 Å². The first-order valence-corrected chi connectivity index (χ1v) is 8.85. The topological polar surface area (TPSA) is 66.3 Å². The summed E-state index contributed by atoms with van der Waals surface area (Å²) in [5.74, 6) is 1.59. The van der Waals surface area contributed by atoms with Crippen LogP contribution >= 0.6 is 35.3 Å². The number of likely N-dealkylation sites (N-methyl/N-ethyl adjacent to an activating group) is 1. The van der Waals surface area contributed by atoms with Crippen molar-refractivity contribution in [1.29, 1.82) is 0 Å². The molecule has 0 saturated carbocycles. The van der Waals surface area contributed by atoms with Crippen molar-refractivity contribution in [3.05, 3.63) is 40.1 Å². The Labute approximate surface area is 175 Å². The number of aliphatic imine (C=N–C) groups is 1. The summed E-state index contributed by atoms with van der Waals surface area (Å²) in [6.07, 6.45) is 0.982. The highest BCUT2D eigenvalue weighted by atomic mass is 127. The van der Waals surface area contributed by atoms with Gasteiger partial charge in [-0.05, 0) is 35.6 Å². The predicted molar refractivity (Wildman–Crippen MR) is 117 cm³/mol. The van der Waals surface area contributed by atoms with E-state index in [0.29, 0.717) is 18.0 Å². The third-order valence-electron chi connectivity index (χ3n) is 3.84. The summed E-state index contributed by atoms with van der Waals surface area (Å²) in [5.41, 5.74) is 0.930. The molecule has 0 amide bonds. The van der Waals surface area contributed by atoms with E-state index in [0.717, 1.165) is 24.5 Å². The number of halogens is 1. The first-order chi connectivity index (χ1) is 12.1. The Morgan fingerprint density at radius 2 is 1.92 bits per heavy atom. The minimum atomic E-state index is 0. The number of nitrogens with one attached hydrogen (secondary N) is 1. The molecule has 2 N–H and O–H groups in total. The molecule has 26 heavy (non-hydrogen) atoms. The lowest BCUT2D eigenvalue weighted by molar-refractivity contribution is 0.339. The first kappa shape index (κ1) is 22.4. The maximum absolute atomic E-state index is 9.98. The summed E-state index contributed by atoms with van der Waals surface area (Å²) in [4.78, 5) is 7.78. The van der Waals surface area contributed by atoms with Gasteiger partial charge in [-0.25, -0.2) is 0 Å². The number of ether oxygens (including phenoxy) is 2. The number of hydrogen-bond donors (Lipinski definition) is 2. The van der Waals surface area contributed by atoms with Gasteiger partial charge >= 0.3 is 0 Å². The van der Waals surface area contributed by atoms with E-state index in [1.54, 1.807) is 30.5 Å². The van der Waals surface area contributed by atoms with Crippen molar-refractivity contribution in [3.63, 3.8) is 0 Å². The van der Waals surface area contributed by atoms with E-state index >= 15 is 0 Å². The molecule has 0 aliphatic heterocycles. The number of hydrogen-bond acceptors (Lipinski definition) is 5. The summed E-state index contributed by atoms with van der Waals surface area (Å²) in [6.45, 7) is 1.42. The highest BCUT2D eigenvalue weighted by molar-refractivity contribution is 14.0. The standard InChI is InChI=1S/C18H25N3O3S.HI/c1-19-18(21(2)8-7-14-6-5-9-25-14)20-12-13-10-15(23-3)17(22)16(11-13)24-4;/h5-6,9-11,22H,7-8,12H2,1-4H3,(H,19,20);1H. The van der Waals surface area contributed by atoms with Crippen LogP contribution in [0.4, 0.5) is 0 Å². The first-order valence-electron chi connectivity index (χ1n) is 7.97. The Bertz CT molecular complexity index is 683. The molecule has 2 rings (SSSR count). The molecule has 0 unspecified atom stereocenters. The highest BCUT2D eigenvalue weighted by Gasteiger charge is 2.12. The van der Waals surface area contributed by atoms with Crippen LogP contribution in [0.3, 0.4) is 0 Å². The Hall–Kier alpha value is -1.68. The number of thiophene rings is 1. The van der Waals surface area contributed by atoms with Crippen LogP contribution in [0, 0.1) is 0 Å². The van der Waals surface area contributed by atoms with Gasteiger partial charge in [-0.2, -0.15) is 0 Å². The molecule has 0 bridgehead atoms. The van der Waals surface area contributed by atoms with Gasteiger partial charge in [0.1, 0.15) is 0 Å².